The van der Waals surface area contributed by atoms with Gasteiger partial charge in [-0.3, -0.25) is 10.1 Å². The van der Waals surface area contributed by atoms with Crippen LogP contribution in [-0.4, -0.2) is 48.8 Å². The van der Waals surface area contributed by atoms with Gasteiger partial charge in [-0.2, -0.15) is 4.31 Å². The summed E-state index contributed by atoms with van der Waals surface area (Å²) >= 11 is 0. The van der Waals surface area contributed by atoms with Crippen molar-refractivity contribution in [1.29, 1.82) is 0 Å². The molecule has 192 valence electrons. The molecule has 0 aliphatic carbocycles. The largest absolute Gasteiger partial charge is 0.504 e. The smallest absolute Gasteiger partial charge is 0.289 e. The standard InChI is InChI=1S/C24H21N3O8S2/c1-35-23-14-20-18(13-22(23)28)17-11-12-25(37(33,34)24-10-6-5-9-19(24)27(29)30)15-21(17)26(20)36(31,32)16-7-3-2-4-8-16/h2-10,13-14,28H,11-12,15H2,1H3. The first kappa shape index (κ1) is 24.7. The van der Waals surface area contributed by atoms with E-state index in [-0.39, 0.29) is 47.1 Å². The molecule has 0 atom stereocenters. The summed E-state index contributed by atoms with van der Waals surface area (Å²) < 4.78 is 62.0. The molecule has 0 saturated carbocycles. The minimum absolute atomic E-state index is 0.0135. The van der Waals surface area contributed by atoms with E-state index in [4.69, 9.17) is 4.74 Å². The number of nitrogens with zero attached hydrogens (tertiary/aromatic N) is 3. The number of rotatable bonds is 6. The number of aromatic hydroxyl groups is 1. The number of ether oxygens (including phenoxy) is 1. The second-order valence-corrected chi connectivity index (χ2v) is 12.1. The number of hydrogen-bond donors (Lipinski definition) is 1. The number of nitro benzene ring substituents is 1. The third-order valence-electron chi connectivity index (χ3n) is 6.33. The monoisotopic (exact) mass is 543 g/mol. The number of phenols is 1. The number of nitro groups is 1. The van der Waals surface area contributed by atoms with Gasteiger partial charge in [-0.05, 0) is 36.2 Å². The molecule has 3 aromatic carbocycles. The Kier molecular flexibility index (Phi) is 5.93. The van der Waals surface area contributed by atoms with Crippen molar-refractivity contribution >= 4 is 36.6 Å². The van der Waals surface area contributed by atoms with Crippen LogP contribution in [0.4, 0.5) is 5.69 Å². The van der Waals surface area contributed by atoms with Crippen LogP contribution < -0.4 is 4.74 Å². The van der Waals surface area contributed by atoms with Gasteiger partial charge in [0.15, 0.2) is 16.4 Å². The number of benzene rings is 3. The Hall–Kier alpha value is -3.94. The number of methoxy groups -OCH3 is 1. The first-order chi connectivity index (χ1) is 17.6. The second-order valence-electron chi connectivity index (χ2n) is 8.36. The molecule has 1 aromatic heterocycles. The summed E-state index contributed by atoms with van der Waals surface area (Å²) in [5.74, 6) is -0.140. The molecule has 4 aromatic rings. The summed E-state index contributed by atoms with van der Waals surface area (Å²) in [4.78, 5) is 10.2. The molecular formula is C24H21N3O8S2. The predicted octanol–water partition coefficient (Wildman–Crippen LogP) is 3.25. The molecule has 0 radical (unpaired) electrons. The molecule has 5 rings (SSSR count). The van der Waals surface area contributed by atoms with Crippen LogP contribution in [0.15, 0.2) is 76.5 Å². The Morgan fingerprint density at radius 1 is 0.973 bits per heavy atom. The zero-order valence-corrected chi connectivity index (χ0v) is 21.1. The van der Waals surface area contributed by atoms with Crippen LogP contribution in [-0.2, 0) is 33.0 Å². The van der Waals surface area contributed by atoms with Crippen LogP contribution in [0, 0.1) is 10.1 Å². The van der Waals surface area contributed by atoms with Crippen molar-refractivity contribution in [2.24, 2.45) is 0 Å². The van der Waals surface area contributed by atoms with E-state index < -0.39 is 35.6 Å². The van der Waals surface area contributed by atoms with Gasteiger partial charge in [-0.1, -0.05) is 30.3 Å². The lowest BCUT2D eigenvalue weighted by molar-refractivity contribution is -0.387. The maximum absolute atomic E-state index is 13.8. The molecule has 13 heteroatoms. The van der Waals surface area contributed by atoms with Gasteiger partial charge in [0.25, 0.3) is 15.7 Å². The third-order valence-corrected chi connectivity index (χ3v) is 9.99. The fraction of sp³-hybridized carbons (Fsp3) is 0.167. The molecule has 11 nitrogen and oxygen atoms in total. The highest BCUT2D eigenvalue weighted by Gasteiger charge is 2.38. The van der Waals surface area contributed by atoms with Crippen LogP contribution in [0.2, 0.25) is 0 Å². The fourth-order valence-corrected chi connectivity index (χ4v) is 7.76. The minimum atomic E-state index is -4.36. The van der Waals surface area contributed by atoms with Crippen LogP contribution in [0.5, 0.6) is 11.5 Å². The number of phenolic OH excluding ortho intramolecular Hbond substituents is 1. The molecule has 1 N–H and O–H groups in total. The number of para-hydroxylation sites is 1. The molecule has 0 unspecified atom stereocenters. The van der Waals surface area contributed by atoms with Crippen molar-refractivity contribution in [2.75, 3.05) is 13.7 Å². The molecule has 0 saturated heterocycles. The molecule has 0 fully saturated rings. The van der Waals surface area contributed by atoms with Gasteiger partial charge in [0.05, 0.1) is 34.7 Å². The lowest BCUT2D eigenvalue weighted by Gasteiger charge is -2.27. The molecule has 1 aliphatic heterocycles. The minimum Gasteiger partial charge on any atom is -0.504 e. The highest BCUT2D eigenvalue weighted by Crippen LogP contribution is 2.41. The molecule has 0 bridgehead atoms. The predicted molar refractivity (Wildman–Crippen MR) is 134 cm³/mol. The first-order valence-corrected chi connectivity index (χ1v) is 13.9. The Balaban J connectivity index is 1.74. The van der Waals surface area contributed by atoms with Crippen molar-refractivity contribution in [2.45, 2.75) is 22.8 Å². The van der Waals surface area contributed by atoms with Gasteiger partial charge in [0, 0.05) is 24.1 Å². The maximum Gasteiger partial charge on any atom is 0.289 e. The fourth-order valence-electron chi connectivity index (χ4n) is 4.62. The first-order valence-electron chi connectivity index (χ1n) is 11.0. The van der Waals surface area contributed by atoms with E-state index in [2.05, 4.69) is 0 Å². The Bertz CT molecular complexity index is 1760. The summed E-state index contributed by atoms with van der Waals surface area (Å²) in [5, 5.41) is 22.3. The average molecular weight is 544 g/mol. The van der Waals surface area contributed by atoms with E-state index in [1.165, 1.54) is 43.5 Å². The van der Waals surface area contributed by atoms with Gasteiger partial charge in [-0.25, -0.2) is 20.8 Å². The van der Waals surface area contributed by atoms with Crippen molar-refractivity contribution < 1.29 is 31.6 Å². The normalized spacial score (nSPS) is 14.4. The molecule has 0 spiro atoms. The number of hydrogen-bond acceptors (Lipinski definition) is 8. The van der Waals surface area contributed by atoms with Crippen LogP contribution in [0.1, 0.15) is 11.3 Å². The van der Waals surface area contributed by atoms with Crippen molar-refractivity contribution in [1.82, 2.24) is 8.28 Å². The number of aromatic nitrogens is 1. The van der Waals surface area contributed by atoms with Gasteiger partial charge < -0.3 is 9.84 Å². The maximum atomic E-state index is 13.8. The van der Waals surface area contributed by atoms with Crippen LogP contribution >= 0.6 is 0 Å². The lowest BCUT2D eigenvalue weighted by Crippen LogP contribution is -2.37. The summed E-state index contributed by atoms with van der Waals surface area (Å²) in [7, 11) is -7.23. The average Bonchev–Trinajstić information content (AvgIpc) is 3.21. The van der Waals surface area contributed by atoms with Gasteiger partial charge in [0.2, 0.25) is 10.0 Å². The molecule has 1 aliphatic rings. The summed E-state index contributed by atoms with van der Waals surface area (Å²) in [6, 6.07) is 15.5. The summed E-state index contributed by atoms with van der Waals surface area (Å²) in [6.45, 7) is -0.397. The van der Waals surface area contributed by atoms with Crippen LogP contribution in [0.25, 0.3) is 10.9 Å². The van der Waals surface area contributed by atoms with Gasteiger partial charge in [-0.15, -0.1) is 0 Å². The quantitative estimate of drug-likeness (QED) is 0.288. The Morgan fingerprint density at radius 2 is 1.65 bits per heavy atom. The lowest BCUT2D eigenvalue weighted by atomic mass is 10.0. The third kappa shape index (κ3) is 3.91. The van der Waals surface area contributed by atoms with E-state index in [1.54, 1.807) is 18.2 Å². The zero-order valence-electron chi connectivity index (χ0n) is 19.4. The zero-order chi connectivity index (χ0) is 26.5. The molecule has 0 amide bonds. The number of fused-ring (bicyclic) bond motifs is 3. The summed E-state index contributed by atoms with van der Waals surface area (Å²) in [6.07, 6.45) is 0.120. The van der Waals surface area contributed by atoms with Crippen LogP contribution in [0.3, 0.4) is 0 Å². The van der Waals surface area contributed by atoms with Crippen molar-refractivity contribution in [3.05, 3.63) is 88.1 Å². The molecule has 37 heavy (non-hydrogen) atoms. The Morgan fingerprint density at radius 3 is 2.32 bits per heavy atom. The number of sulfonamides is 1. The van der Waals surface area contributed by atoms with Crippen molar-refractivity contribution in [3.63, 3.8) is 0 Å². The highest BCUT2D eigenvalue weighted by atomic mass is 32.2. The summed E-state index contributed by atoms with van der Waals surface area (Å²) in [5.41, 5.74) is 0.384. The van der Waals surface area contributed by atoms with E-state index in [9.17, 15) is 32.1 Å². The second kappa shape index (κ2) is 8.87. The SMILES string of the molecule is COc1cc2c(cc1O)c1c(n2S(=O)(=O)c2ccccc2)CN(S(=O)(=O)c2ccccc2[N+](=O)[O-])CC1. The van der Waals surface area contributed by atoms with Crippen molar-refractivity contribution in [3.8, 4) is 11.5 Å². The van der Waals surface area contributed by atoms with E-state index >= 15 is 0 Å². The van der Waals surface area contributed by atoms with E-state index in [0.29, 0.717) is 10.9 Å². The highest BCUT2D eigenvalue weighted by molar-refractivity contribution is 7.90. The van der Waals surface area contributed by atoms with Gasteiger partial charge >= 0.3 is 0 Å². The van der Waals surface area contributed by atoms with E-state index in [0.717, 1.165) is 20.4 Å². The van der Waals surface area contributed by atoms with E-state index in [1.807, 2.05) is 0 Å². The molecule has 2 heterocycles. The van der Waals surface area contributed by atoms with Gasteiger partial charge in [0.1, 0.15) is 0 Å². The Labute approximate surface area is 212 Å². The molecular weight excluding hydrogens is 522 g/mol. The topological polar surface area (TPSA) is 149 Å².